The van der Waals surface area contributed by atoms with Crippen molar-refractivity contribution < 1.29 is 9.59 Å². The van der Waals surface area contributed by atoms with Crippen LogP contribution in [0.2, 0.25) is 0 Å². The van der Waals surface area contributed by atoms with Crippen molar-refractivity contribution >= 4 is 23.2 Å². The van der Waals surface area contributed by atoms with Gasteiger partial charge in [0, 0.05) is 17.7 Å². The number of hydrogen-bond acceptors (Lipinski definition) is 3. The summed E-state index contributed by atoms with van der Waals surface area (Å²) >= 11 is 0. The molecule has 0 aromatic heterocycles. The van der Waals surface area contributed by atoms with Crippen molar-refractivity contribution in [3.63, 3.8) is 0 Å². The van der Waals surface area contributed by atoms with Crippen molar-refractivity contribution in [1.82, 2.24) is 5.43 Å². The Morgan fingerprint density at radius 2 is 1.78 bits per heavy atom. The van der Waals surface area contributed by atoms with Gasteiger partial charge in [-0.2, -0.15) is 5.10 Å². The van der Waals surface area contributed by atoms with Crippen LogP contribution in [0.3, 0.4) is 0 Å². The van der Waals surface area contributed by atoms with Crippen molar-refractivity contribution in [1.29, 1.82) is 0 Å². The van der Waals surface area contributed by atoms with E-state index in [1.807, 2.05) is 37.3 Å². The molecular weight excluding hydrogens is 290 g/mol. The van der Waals surface area contributed by atoms with Gasteiger partial charge >= 0.3 is 0 Å². The number of carbonyl (C=O) groups excluding carboxylic acids is 2. The molecule has 0 unspecified atom stereocenters. The second-order valence-electron chi connectivity index (χ2n) is 5.24. The maximum atomic E-state index is 12.5. The van der Waals surface area contributed by atoms with Gasteiger partial charge in [0.05, 0.1) is 5.69 Å². The topological polar surface area (TPSA) is 61.8 Å². The number of para-hydroxylation sites is 1. The minimum absolute atomic E-state index is 0.179. The highest BCUT2D eigenvalue weighted by atomic mass is 16.2. The molecule has 0 atom stereocenters. The molecule has 5 nitrogen and oxygen atoms in total. The standard InChI is InChI=1S/C18H17N3O2/c1-2-12-21-15-11-7-6-10-14(15)16(18(21)23)19-20-17(22)13-8-4-3-5-9-13/h3-11H,2,12H2,1H3,(H,20,22). The number of amides is 2. The average Bonchev–Trinajstić information content (AvgIpc) is 2.86. The number of nitrogens with one attached hydrogen (secondary N) is 1. The van der Waals surface area contributed by atoms with Crippen LogP contribution in [0, 0.1) is 0 Å². The molecule has 0 saturated carbocycles. The lowest BCUT2D eigenvalue weighted by molar-refractivity contribution is -0.112. The molecule has 0 radical (unpaired) electrons. The van der Waals surface area contributed by atoms with E-state index in [2.05, 4.69) is 10.5 Å². The summed E-state index contributed by atoms with van der Waals surface area (Å²) in [6.07, 6.45) is 0.851. The summed E-state index contributed by atoms with van der Waals surface area (Å²) in [6, 6.07) is 16.3. The molecule has 0 aliphatic carbocycles. The van der Waals surface area contributed by atoms with Crippen molar-refractivity contribution in [2.24, 2.45) is 5.10 Å². The van der Waals surface area contributed by atoms with Crippen LogP contribution >= 0.6 is 0 Å². The highest BCUT2D eigenvalue weighted by molar-refractivity contribution is 6.54. The molecule has 0 spiro atoms. The maximum Gasteiger partial charge on any atom is 0.279 e. The van der Waals surface area contributed by atoms with Crippen LogP contribution in [0.1, 0.15) is 29.3 Å². The number of hydrogen-bond donors (Lipinski definition) is 1. The number of rotatable bonds is 4. The van der Waals surface area contributed by atoms with E-state index in [0.717, 1.165) is 17.7 Å². The molecule has 2 aromatic rings. The average molecular weight is 307 g/mol. The Morgan fingerprint density at radius 1 is 1.09 bits per heavy atom. The van der Waals surface area contributed by atoms with E-state index >= 15 is 0 Å². The molecule has 5 heteroatoms. The summed E-state index contributed by atoms with van der Waals surface area (Å²) in [6.45, 7) is 2.64. The summed E-state index contributed by atoms with van der Waals surface area (Å²) in [5.74, 6) is -0.515. The molecule has 2 aromatic carbocycles. The van der Waals surface area contributed by atoms with Crippen molar-refractivity contribution in [2.75, 3.05) is 11.4 Å². The van der Waals surface area contributed by atoms with E-state index in [1.54, 1.807) is 29.2 Å². The molecule has 0 fully saturated rings. The third kappa shape index (κ3) is 2.85. The van der Waals surface area contributed by atoms with E-state index in [0.29, 0.717) is 12.1 Å². The number of carbonyl (C=O) groups is 2. The van der Waals surface area contributed by atoms with Crippen LogP contribution in [0.15, 0.2) is 59.7 Å². The first-order valence-electron chi connectivity index (χ1n) is 7.56. The van der Waals surface area contributed by atoms with Crippen molar-refractivity contribution in [3.8, 4) is 0 Å². The zero-order valence-corrected chi connectivity index (χ0v) is 12.8. The van der Waals surface area contributed by atoms with Gasteiger partial charge in [-0.05, 0) is 24.6 Å². The molecule has 3 rings (SSSR count). The summed E-state index contributed by atoms with van der Waals surface area (Å²) in [5, 5.41) is 4.08. The van der Waals surface area contributed by atoms with Crippen LogP contribution in [0.25, 0.3) is 0 Å². The van der Waals surface area contributed by atoms with E-state index in [1.165, 1.54) is 0 Å². The molecule has 0 saturated heterocycles. The van der Waals surface area contributed by atoms with Gasteiger partial charge in [0.2, 0.25) is 0 Å². The molecule has 23 heavy (non-hydrogen) atoms. The number of benzene rings is 2. The van der Waals surface area contributed by atoms with Crippen molar-refractivity contribution in [2.45, 2.75) is 13.3 Å². The smallest absolute Gasteiger partial charge is 0.279 e. The fourth-order valence-corrected chi connectivity index (χ4v) is 2.58. The Balaban J connectivity index is 1.87. The molecule has 0 bridgehead atoms. The van der Waals surface area contributed by atoms with E-state index in [-0.39, 0.29) is 17.5 Å². The number of anilines is 1. The Morgan fingerprint density at radius 3 is 2.52 bits per heavy atom. The monoisotopic (exact) mass is 307 g/mol. The summed E-state index contributed by atoms with van der Waals surface area (Å²) < 4.78 is 0. The fourth-order valence-electron chi connectivity index (χ4n) is 2.58. The highest BCUT2D eigenvalue weighted by Gasteiger charge is 2.33. The van der Waals surface area contributed by atoms with E-state index in [9.17, 15) is 9.59 Å². The lowest BCUT2D eigenvalue weighted by atomic mass is 10.1. The van der Waals surface area contributed by atoms with Crippen LogP contribution in [-0.2, 0) is 4.79 Å². The van der Waals surface area contributed by atoms with E-state index in [4.69, 9.17) is 0 Å². The van der Waals surface area contributed by atoms with Crippen LogP contribution < -0.4 is 10.3 Å². The van der Waals surface area contributed by atoms with Gasteiger partial charge in [-0.3, -0.25) is 9.59 Å². The number of hydrazone groups is 1. The second-order valence-corrected chi connectivity index (χ2v) is 5.24. The lowest BCUT2D eigenvalue weighted by Crippen LogP contribution is -2.32. The molecular formula is C18H17N3O2. The Hall–Kier alpha value is -2.95. The van der Waals surface area contributed by atoms with Gasteiger partial charge < -0.3 is 4.90 Å². The highest BCUT2D eigenvalue weighted by Crippen LogP contribution is 2.28. The van der Waals surface area contributed by atoms with Gasteiger partial charge in [-0.1, -0.05) is 43.3 Å². The third-order valence-electron chi connectivity index (χ3n) is 3.65. The van der Waals surface area contributed by atoms with Gasteiger partial charge in [0.15, 0.2) is 5.71 Å². The number of fused-ring (bicyclic) bond motifs is 1. The first-order valence-corrected chi connectivity index (χ1v) is 7.56. The maximum absolute atomic E-state index is 12.5. The van der Waals surface area contributed by atoms with E-state index < -0.39 is 0 Å². The zero-order chi connectivity index (χ0) is 16.2. The molecule has 1 N–H and O–H groups in total. The lowest BCUT2D eigenvalue weighted by Gasteiger charge is -2.14. The normalized spacial score (nSPS) is 14.9. The minimum atomic E-state index is -0.336. The van der Waals surface area contributed by atoms with Gasteiger partial charge in [0.1, 0.15) is 0 Å². The zero-order valence-electron chi connectivity index (χ0n) is 12.8. The van der Waals surface area contributed by atoms with Crippen molar-refractivity contribution in [3.05, 3.63) is 65.7 Å². The van der Waals surface area contributed by atoms with Gasteiger partial charge in [0.25, 0.3) is 11.8 Å². The van der Waals surface area contributed by atoms with Crippen LogP contribution in [0.4, 0.5) is 5.69 Å². The molecule has 116 valence electrons. The summed E-state index contributed by atoms with van der Waals surface area (Å²) in [7, 11) is 0. The first-order chi connectivity index (χ1) is 11.2. The Bertz CT molecular complexity index is 769. The molecule has 2 amide bonds. The Kier molecular flexibility index (Phi) is 4.19. The largest absolute Gasteiger partial charge is 0.306 e. The Labute approximate surface area is 134 Å². The molecule has 1 heterocycles. The van der Waals surface area contributed by atoms with Gasteiger partial charge in [-0.15, -0.1) is 0 Å². The predicted molar refractivity (Wildman–Crippen MR) is 89.5 cm³/mol. The van der Waals surface area contributed by atoms with Crippen LogP contribution in [-0.4, -0.2) is 24.1 Å². The predicted octanol–water partition coefficient (Wildman–Crippen LogP) is 2.58. The van der Waals surface area contributed by atoms with Crippen LogP contribution in [0.5, 0.6) is 0 Å². The number of nitrogens with zero attached hydrogens (tertiary/aromatic N) is 2. The summed E-state index contributed by atoms with van der Waals surface area (Å²) in [4.78, 5) is 26.3. The third-order valence-corrected chi connectivity index (χ3v) is 3.65. The second kappa shape index (κ2) is 6.44. The van der Waals surface area contributed by atoms with Gasteiger partial charge in [-0.25, -0.2) is 5.43 Å². The first kappa shape index (κ1) is 15.0. The SMILES string of the molecule is CCCN1C(=O)C(=NNC(=O)c2ccccc2)c2ccccc21. The molecule has 1 aliphatic rings. The molecule has 1 aliphatic heterocycles. The fraction of sp³-hybridized carbons (Fsp3) is 0.167. The summed E-state index contributed by atoms with van der Waals surface area (Å²) in [5.41, 5.74) is 4.84. The minimum Gasteiger partial charge on any atom is -0.306 e. The quantitative estimate of drug-likeness (QED) is 0.883.